The van der Waals surface area contributed by atoms with E-state index in [4.69, 9.17) is 5.73 Å². The highest BCUT2D eigenvalue weighted by molar-refractivity contribution is 4.94. The van der Waals surface area contributed by atoms with Crippen LogP contribution >= 0.6 is 0 Å². The highest BCUT2D eigenvalue weighted by Gasteiger charge is 2.35. The van der Waals surface area contributed by atoms with Crippen molar-refractivity contribution in [1.82, 2.24) is 4.90 Å². The normalized spacial score (nSPS) is 45.8. The Balaban J connectivity index is 2.02. The van der Waals surface area contributed by atoms with Gasteiger partial charge in [0.2, 0.25) is 0 Å². The molecule has 2 N–H and O–H groups in total. The predicted molar refractivity (Wildman–Crippen MR) is 46.4 cm³/mol. The van der Waals surface area contributed by atoms with Crippen molar-refractivity contribution in [3.8, 4) is 0 Å². The van der Waals surface area contributed by atoms with Gasteiger partial charge in [-0.25, -0.2) is 0 Å². The quantitative estimate of drug-likeness (QED) is 0.563. The Labute approximate surface area is 68.7 Å². The molecule has 0 radical (unpaired) electrons. The number of hydrogen-bond donors (Lipinski definition) is 1. The zero-order valence-electron chi connectivity index (χ0n) is 7.34. The van der Waals surface area contributed by atoms with Crippen LogP contribution in [0.5, 0.6) is 0 Å². The van der Waals surface area contributed by atoms with Crippen LogP contribution in [0.3, 0.4) is 0 Å². The molecule has 2 unspecified atom stereocenters. The molecule has 0 saturated carbocycles. The fraction of sp³-hybridized carbons (Fsp3) is 1.00. The van der Waals surface area contributed by atoms with Crippen molar-refractivity contribution >= 4 is 0 Å². The third-order valence-corrected chi connectivity index (χ3v) is 3.17. The van der Waals surface area contributed by atoms with Crippen LogP contribution in [0.25, 0.3) is 0 Å². The lowest BCUT2D eigenvalue weighted by molar-refractivity contribution is 0.141. The Hall–Kier alpha value is -0.0800. The topological polar surface area (TPSA) is 29.3 Å². The second-order valence-electron chi connectivity index (χ2n) is 4.44. The van der Waals surface area contributed by atoms with Gasteiger partial charge >= 0.3 is 0 Å². The van der Waals surface area contributed by atoms with Crippen molar-refractivity contribution in [2.45, 2.75) is 44.2 Å². The summed E-state index contributed by atoms with van der Waals surface area (Å²) >= 11 is 0. The van der Waals surface area contributed by atoms with Gasteiger partial charge in [-0.1, -0.05) is 0 Å². The molecule has 2 rings (SSSR count). The van der Waals surface area contributed by atoms with Crippen molar-refractivity contribution in [2.75, 3.05) is 13.1 Å². The fourth-order valence-electron chi connectivity index (χ4n) is 2.46. The van der Waals surface area contributed by atoms with Crippen molar-refractivity contribution < 1.29 is 0 Å². The zero-order chi connectivity index (χ0) is 7.90. The molecule has 0 bridgehead atoms. The van der Waals surface area contributed by atoms with E-state index in [2.05, 4.69) is 11.8 Å². The summed E-state index contributed by atoms with van der Waals surface area (Å²) < 4.78 is 0. The van der Waals surface area contributed by atoms with Crippen LogP contribution in [-0.4, -0.2) is 29.6 Å². The minimum Gasteiger partial charge on any atom is -0.325 e. The molecule has 11 heavy (non-hydrogen) atoms. The van der Waals surface area contributed by atoms with Crippen LogP contribution in [0, 0.1) is 0 Å². The number of nitrogens with two attached hydrogens (primary N) is 1. The number of piperidine rings is 1. The molecule has 2 saturated heterocycles. The van der Waals surface area contributed by atoms with Crippen LogP contribution in [-0.2, 0) is 0 Å². The monoisotopic (exact) mass is 154 g/mol. The predicted octanol–water partition coefficient (Wildman–Crippen LogP) is 0.962. The molecule has 0 aromatic heterocycles. The van der Waals surface area contributed by atoms with Gasteiger partial charge in [-0.15, -0.1) is 0 Å². The van der Waals surface area contributed by atoms with Gasteiger partial charge in [0.1, 0.15) is 0 Å². The summed E-state index contributed by atoms with van der Waals surface area (Å²) in [6.45, 7) is 4.75. The molecule has 2 heteroatoms. The molecule has 2 heterocycles. The Kier molecular flexibility index (Phi) is 1.69. The standard InChI is InChI=1S/C9H18N2/c1-9(10)4-6-11-5-2-3-8(11)7-9/h8H,2-7,10H2,1H3. The van der Waals surface area contributed by atoms with Gasteiger partial charge in [0.05, 0.1) is 0 Å². The number of hydrogen-bond acceptors (Lipinski definition) is 2. The molecule has 2 nitrogen and oxygen atoms in total. The average molecular weight is 154 g/mol. The molecule has 2 aliphatic rings. The molecule has 0 amide bonds. The van der Waals surface area contributed by atoms with Gasteiger partial charge in [-0.3, -0.25) is 0 Å². The molecule has 2 fully saturated rings. The van der Waals surface area contributed by atoms with E-state index in [9.17, 15) is 0 Å². The summed E-state index contributed by atoms with van der Waals surface area (Å²) in [5.74, 6) is 0. The Bertz CT molecular complexity index is 154. The third kappa shape index (κ3) is 1.42. The molecule has 2 aliphatic heterocycles. The minimum absolute atomic E-state index is 0.130. The maximum absolute atomic E-state index is 6.11. The van der Waals surface area contributed by atoms with Crippen LogP contribution in [0.2, 0.25) is 0 Å². The minimum atomic E-state index is 0.130. The van der Waals surface area contributed by atoms with Crippen molar-refractivity contribution in [2.24, 2.45) is 5.73 Å². The Morgan fingerprint density at radius 1 is 1.45 bits per heavy atom. The van der Waals surface area contributed by atoms with Gasteiger partial charge in [0.15, 0.2) is 0 Å². The first kappa shape index (κ1) is 7.56. The smallest absolute Gasteiger partial charge is 0.0152 e. The van der Waals surface area contributed by atoms with E-state index in [1.54, 1.807) is 0 Å². The first-order chi connectivity index (χ1) is 5.17. The molecule has 2 atom stereocenters. The largest absolute Gasteiger partial charge is 0.325 e. The van der Waals surface area contributed by atoms with Gasteiger partial charge in [-0.05, 0) is 39.2 Å². The lowest BCUT2D eigenvalue weighted by Gasteiger charge is -2.39. The van der Waals surface area contributed by atoms with Gasteiger partial charge < -0.3 is 10.6 Å². The summed E-state index contributed by atoms with van der Waals surface area (Å²) in [5.41, 5.74) is 6.24. The fourth-order valence-corrected chi connectivity index (χ4v) is 2.46. The molecular weight excluding hydrogens is 136 g/mol. The third-order valence-electron chi connectivity index (χ3n) is 3.17. The molecule has 64 valence electrons. The highest BCUT2D eigenvalue weighted by Crippen LogP contribution is 2.30. The van der Waals surface area contributed by atoms with Gasteiger partial charge in [0, 0.05) is 18.1 Å². The van der Waals surface area contributed by atoms with E-state index >= 15 is 0 Å². The van der Waals surface area contributed by atoms with Crippen molar-refractivity contribution in [3.63, 3.8) is 0 Å². The summed E-state index contributed by atoms with van der Waals surface area (Å²) in [5, 5.41) is 0. The summed E-state index contributed by atoms with van der Waals surface area (Å²) in [4.78, 5) is 2.61. The molecule has 0 aromatic rings. The summed E-state index contributed by atoms with van der Waals surface area (Å²) in [6, 6.07) is 0.818. The second kappa shape index (κ2) is 2.46. The van der Waals surface area contributed by atoms with E-state index in [0.29, 0.717) is 0 Å². The number of rotatable bonds is 0. The molecule has 0 spiro atoms. The zero-order valence-corrected chi connectivity index (χ0v) is 7.34. The molecular formula is C9H18N2. The Morgan fingerprint density at radius 2 is 2.27 bits per heavy atom. The van der Waals surface area contributed by atoms with E-state index in [1.165, 1.54) is 38.8 Å². The van der Waals surface area contributed by atoms with Crippen LogP contribution in [0.15, 0.2) is 0 Å². The maximum Gasteiger partial charge on any atom is 0.0152 e. The summed E-state index contributed by atoms with van der Waals surface area (Å²) in [6.07, 6.45) is 5.17. The lowest BCUT2D eigenvalue weighted by Crippen LogP contribution is -2.50. The van der Waals surface area contributed by atoms with Gasteiger partial charge in [-0.2, -0.15) is 0 Å². The van der Waals surface area contributed by atoms with E-state index in [0.717, 1.165) is 6.04 Å². The molecule has 0 aliphatic carbocycles. The Morgan fingerprint density at radius 3 is 3.09 bits per heavy atom. The average Bonchev–Trinajstić information content (AvgIpc) is 2.31. The second-order valence-corrected chi connectivity index (χ2v) is 4.44. The van der Waals surface area contributed by atoms with Crippen LogP contribution < -0.4 is 5.73 Å². The van der Waals surface area contributed by atoms with Crippen LogP contribution in [0.1, 0.15) is 32.6 Å². The summed E-state index contributed by atoms with van der Waals surface area (Å²) in [7, 11) is 0. The number of fused-ring (bicyclic) bond motifs is 1. The van der Waals surface area contributed by atoms with Crippen LogP contribution in [0.4, 0.5) is 0 Å². The highest BCUT2D eigenvalue weighted by atomic mass is 15.2. The lowest BCUT2D eigenvalue weighted by atomic mass is 9.86. The van der Waals surface area contributed by atoms with Crippen molar-refractivity contribution in [1.29, 1.82) is 0 Å². The number of nitrogens with zero attached hydrogens (tertiary/aromatic N) is 1. The van der Waals surface area contributed by atoms with Gasteiger partial charge in [0.25, 0.3) is 0 Å². The van der Waals surface area contributed by atoms with E-state index < -0.39 is 0 Å². The molecule has 0 aromatic carbocycles. The first-order valence-corrected chi connectivity index (χ1v) is 4.70. The van der Waals surface area contributed by atoms with E-state index in [1.807, 2.05) is 0 Å². The van der Waals surface area contributed by atoms with Crippen molar-refractivity contribution in [3.05, 3.63) is 0 Å². The van der Waals surface area contributed by atoms with E-state index in [-0.39, 0.29) is 5.54 Å². The first-order valence-electron chi connectivity index (χ1n) is 4.70. The SMILES string of the molecule is CC1(N)CCN2CCCC2C1. The maximum atomic E-state index is 6.11.